The number of hydrogen-bond donors (Lipinski definition) is 1. The molecule has 0 aliphatic rings. The summed E-state index contributed by atoms with van der Waals surface area (Å²) in [5, 5.41) is 0. The molecule has 68 valence electrons. The molecule has 0 radical (unpaired) electrons. The van der Waals surface area contributed by atoms with E-state index in [-0.39, 0.29) is 5.48 Å². The van der Waals surface area contributed by atoms with Crippen molar-refractivity contribution in [2.75, 3.05) is 0 Å². The molecule has 4 N–H and O–H groups in total. The summed E-state index contributed by atoms with van der Waals surface area (Å²) in [7, 11) is 0. The van der Waals surface area contributed by atoms with E-state index < -0.39 is 0 Å². The number of quaternary nitrogens is 1. The Hall–Kier alpha value is -0.860. The first-order valence-electron chi connectivity index (χ1n) is 3.93. The van der Waals surface area contributed by atoms with E-state index in [0.717, 1.165) is 5.69 Å². The molecule has 0 saturated heterocycles. The van der Waals surface area contributed by atoms with Gasteiger partial charge in [-0.2, -0.15) is 0 Å². The first-order valence-corrected chi connectivity index (χ1v) is 3.93. The molecule has 1 aromatic rings. The Bertz CT molecular complexity index is 266. The van der Waals surface area contributed by atoms with Gasteiger partial charge in [-0.1, -0.05) is 0 Å². The lowest BCUT2D eigenvalue weighted by Gasteiger charge is -2.07. The van der Waals surface area contributed by atoms with Crippen LogP contribution in [-0.4, -0.2) is 5.48 Å². The Kier molecular flexibility index (Phi) is 3.43. The normalized spacial score (nSPS) is 9.42. The van der Waals surface area contributed by atoms with E-state index in [2.05, 4.69) is 39.5 Å². The average Bonchev–Trinajstić information content (AvgIpc) is 1.97. The van der Waals surface area contributed by atoms with Crippen LogP contribution in [0.25, 0.3) is 0 Å². The fraction of sp³-hybridized carbons (Fsp3) is 0.400. The zero-order valence-electron chi connectivity index (χ0n) is 8.23. The fourth-order valence-corrected chi connectivity index (χ4v) is 1.30. The predicted molar refractivity (Wildman–Crippen MR) is 49.9 cm³/mol. The molecule has 2 nitrogen and oxygen atoms in total. The Morgan fingerprint density at radius 2 is 1.42 bits per heavy atom. The van der Waals surface area contributed by atoms with Crippen LogP contribution in [0.3, 0.4) is 0 Å². The molecular formula is C10H17NO. The quantitative estimate of drug-likeness (QED) is 0.627. The van der Waals surface area contributed by atoms with E-state index >= 15 is 0 Å². The van der Waals surface area contributed by atoms with Crippen molar-refractivity contribution < 1.29 is 11.2 Å². The van der Waals surface area contributed by atoms with Gasteiger partial charge in [0.25, 0.3) is 0 Å². The first kappa shape index (κ1) is 11.1. The van der Waals surface area contributed by atoms with Crippen LogP contribution in [0.15, 0.2) is 6.07 Å². The molecule has 0 aliphatic heterocycles. The van der Waals surface area contributed by atoms with Crippen LogP contribution < -0.4 is 5.73 Å². The summed E-state index contributed by atoms with van der Waals surface area (Å²) in [5.41, 5.74) is 10.6. The van der Waals surface area contributed by atoms with Gasteiger partial charge >= 0.3 is 0 Å². The standard InChI is InChI=1S/C10H15N.H2O/c1-6-5-10(11)9(4)8(3)7(6)2;/h5H,11H2,1-4H3;1H2. The summed E-state index contributed by atoms with van der Waals surface area (Å²) in [4.78, 5) is 0. The highest BCUT2D eigenvalue weighted by Crippen LogP contribution is 2.20. The van der Waals surface area contributed by atoms with E-state index in [1.54, 1.807) is 0 Å². The summed E-state index contributed by atoms with van der Waals surface area (Å²) in [6.45, 7) is 8.59. The second-order valence-corrected chi connectivity index (χ2v) is 3.23. The molecular weight excluding hydrogens is 150 g/mol. The maximum atomic E-state index is 3.98. The number of rotatable bonds is 0. The average molecular weight is 167 g/mol. The largest absolute Gasteiger partial charge is 0.870 e. The maximum Gasteiger partial charge on any atom is 0.131 e. The SMILES string of the molecule is Cc1cc([NH3+])c(C)c(C)c1C.[OH-]. The fourth-order valence-electron chi connectivity index (χ4n) is 1.30. The third-order valence-corrected chi connectivity index (χ3v) is 2.59. The van der Waals surface area contributed by atoms with Gasteiger partial charge in [0.1, 0.15) is 5.69 Å². The third kappa shape index (κ3) is 1.65. The highest BCUT2D eigenvalue weighted by atomic mass is 16.0. The zero-order valence-corrected chi connectivity index (χ0v) is 8.23. The Morgan fingerprint density at radius 1 is 0.917 bits per heavy atom. The van der Waals surface area contributed by atoms with Gasteiger partial charge in [-0.25, -0.2) is 0 Å². The Labute approximate surface area is 73.7 Å². The summed E-state index contributed by atoms with van der Waals surface area (Å²) in [6.07, 6.45) is 0. The molecule has 0 bridgehead atoms. The van der Waals surface area contributed by atoms with Crippen molar-refractivity contribution >= 4 is 5.69 Å². The summed E-state index contributed by atoms with van der Waals surface area (Å²) < 4.78 is 0. The highest BCUT2D eigenvalue weighted by Gasteiger charge is 2.05. The van der Waals surface area contributed by atoms with Crippen LogP contribution >= 0.6 is 0 Å². The highest BCUT2D eigenvalue weighted by molar-refractivity contribution is 5.50. The van der Waals surface area contributed by atoms with E-state index in [1.807, 2.05) is 0 Å². The molecule has 0 unspecified atom stereocenters. The molecule has 0 saturated carbocycles. The predicted octanol–water partition coefficient (Wildman–Crippen LogP) is 1.62. The van der Waals surface area contributed by atoms with E-state index in [4.69, 9.17) is 0 Å². The second-order valence-electron chi connectivity index (χ2n) is 3.23. The summed E-state index contributed by atoms with van der Waals surface area (Å²) in [5.74, 6) is 0. The van der Waals surface area contributed by atoms with Crippen molar-refractivity contribution in [2.45, 2.75) is 27.7 Å². The zero-order chi connectivity index (χ0) is 8.59. The maximum absolute atomic E-state index is 3.98. The van der Waals surface area contributed by atoms with Gasteiger partial charge < -0.3 is 11.2 Å². The van der Waals surface area contributed by atoms with Gasteiger partial charge in [0.15, 0.2) is 0 Å². The van der Waals surface area contributed by atoms with E-state index in [0.29, 0.717) is 0 Å². The number of hydrogen-bond acceptors (Lipinski definition) is 1. The van der Waals surface area contributed by atoms with Crippen molar-refractivity contribution in [2.24, 2.45) is 0 Å². The molecule has 0 atom stereocenters. The van der Waals surface area contributed by atoms with Crippen molar-refractivity contribution in [1.82, 2.24) is 0 Å². The summed E-state index contributed by atoms with van der Waals surface area (Å²) in [6, 6.07) is 2.15. The Balaban J connectivity index is 0.00000121. The molecule has 0 heterocycles. The molecule has 0 spiro atoms. The minimum absolute atomic E-state index is 0. The lowest BCUT2D eigenvalue weighted by molar-refractivity contribution is -0.255. The molecule has 1 rings (SSSR count). The van der Waals surface area contributed by atoms with Gasteiger partial charge in [-0.15, -0.1) is 0 Å². The monoisotopic (exact) mass is 167 g/mol. The van der Waals surface area contributed by atoms with Gasteiger partial charge in [0, 0.05) is 11.6 Å². The van der Waals surface area contributed by atoms with Crippen molar-refractivity contribution in [3.05, 3.63) is 28.3 Å². The van der Waals surface area contributed by atoms with Gasteiger partial charge in [0.2, 0.25) is 0 Å². The molecule has 0 amide bonds. The molecule has 0 aliphatic carbocycles. The second kappa shape index (κ2) is 3.70. The molecule has 12 heavy (non-hydrogen) atoms. The van der Waals surface area contributed by atoms with E-state index in [1.165, 1.54) is 22.3 Å². The minimum atomic E-state index is 0. The lowest BCUT2D eigenvalue weighted by Crippen LogP contribution is -2.41. The molecule has 2 heteroatoms. The summed E-state index contributed by atoms with van der Waals surface area (Å²) >= 11 is 0. The van der Waals surface area contributed by atoms with Crippen LogP contribution in [-0.2, 0) is 0 Å². The van der Waals surface area contributed by atoms with Crippen molar-refractivity contribution in [3.63, 3.8) is 0 Å². The number of benzene rings is 1. The van der Waals surface area contributed by atoms with Crippen LogP contribution in [0.5, 0.6) is 0 Å². The minimum Gasteiger partial charge on any atom is -0.870 e. The van der Waals surface area contributed by atoms with E-state index in [9.17, 15) is 0 Å². The molecule has 0 fully saturated rings. The molecule has 0 aromatic heterocycles. The van der Waals surface area contributed by atoms with Crippen molar-refractivity contribution in [1.29, 1.82) is 0 Å². The van der Waals surface area contributed by atoms with Crippen LogP contribution in [0.1, 0.15) is 22.3 Å². The van der Waals surface area contributed by atoms with Crippen molar-refractivity contribution in [3.8, 4) is 0 Å². The van der Waals surface area contributed by atoms with Gasteiger partial charge in [-0.3, -0.25) is 0 Å². The van der Waals surface area contributed by atoms with Crippen LogP contribution in [0.2, 0.25) is 0 Å². The third-order valence-electron chi connectivity index (χ3n) is 2.59. The van der Waals surface area contributed by atoms with Crippen LogP contribution in [0, 0.1) is 27.7 Å². The van der Waals surface area contributed by atoms with Crippen LogP contribution in [0.4, 0.5) is 5.69 Å². The Morgan fingerprint density at radius 3 is 1.92 bits per heavy atom. The first-order chi connectivity index (χ1) is 5.04. The van der Waals surface area contributed by atoms with Gasteiger partial charge in [-0.05, 0) is 44.4 Å². The topological polar surface area (TPSA) is 57.6 Å². The lowest BCUT2D eigenvalue weighted by atomic mass is 9.98. The smallest absolute Gasteiger partial charge is 0.131 e. The van der Waals surface area contributed by atoms with Gasteiger partial charge in [0.05, 0.1) is 0 Å². The molecule has 1 aromatic carbocycles. The number of aryl methyl sites for hydroxylation is 1.